The lowest BCUT2D eigenvalue weighted by Gasteiger charge is -2.24. The van der Waals surface area contributed by atoms with Crippen LogP contribution < -0.4 is 29.1 Å². The number of thiazole rings is 1. The number of allylic oxidation sites excluding steroid dienone is 1. The molecule has 0 fully saturated rings. The van der Waals surface area contributed by atoms with Gasteiger partial charge in [-0.15, -0.1) is 0 Å². The van der Waals surface area contributed by atoms with E-state index in [4.69, 9.17) is 24.2 Å². The van der Waals surface area contributed by atoms with Gasteiger partial charge in [0.05, 0.1) is 28.5 Å². The van der Waals surface area contributed by atoms with E-state index in [2.05, 4.69) is 4.99 Å². The second-order valence-electron chi connectivity index (χ2n) is 9.06. The van der Waals surface area contributed by atoms with Crippen molar-refractivity contribution in [2.75, 3.05) is 20.0 Å². The van der Waals surface area contributed by atoms with Crippen LogP contribution in [0.3, 0.4) is 0 Å². The molecule has 0 bridgehead atoms. The Kier molecular flexibility index (Phi) is 6.58. The molecule has 0 spiro atoms. The maximum Gasteiger partial charge on any atom is 0.338 e. The Morgan fingerprint density at radius 3 is 2.85 bits per heavy atom. The van der Waals surface area contributed by atoms with Gasteiger partial charge >= 0.3 is 5.97 Å². The summed E-state index contributed by atoms with van der Waals surface area (Å²) in [7, 11) is 0. The van der Waals surface area contributed by atoms with Gasteiger partial charge in [0.25, 0.3) is 5.56 Å². The van der Waals surface area contributed by atoms with Crippen LogP contribution in [0.25, 0.3) is 16.8 Å². The number of benzene rings is 3. The average molecular weight is 554 g/mol. The Morgan fingerprint density at radius 1 is 1.20 bits per heavy atom. The molecule has 2 aliphatic rings. The molecule has 1 aromatic heterocycles. The Hall–Kier alpha value is -4.88. The first-order valence-electron chi connectivity index (χ1n) is 12.6. The quantitative estimate of drug-likeness (QED) is 0.336. The highest BCUT2D eigenvalue weighted by molar-refractivity contribution is 7.07. The third kappa shape index (κ3) is 4.30. The number of ether oxygens (including phenoxy) is 4. The van der Waals surface area contributed by atoms with Crippen LogP contribution in [0.15, 0.2) is 75.7 Å². The van der Waals surface area contributed by atoms with Gasteiger partial charge in [-0.05, 0) is 54.5 Å². The van der Waals surface area contributed by atoms with Crippen LogP contribution in [-0.2, 0) is 9.53 Å². The highest BCUT2D eigenvalue weighted by Gasteiger charge is 2.34. The van der Waals surface area contributed by atoms with Gasteiger partial charge in [-0.25, -0.2) is 9.79 Å². The number of rotatable bonds is 6. The summed E-state index contributed by atoms with van der Waals surface area (Å²) in [5.74, 6) is 1.08. The van der Waals surface area contributed by atoms with Crippen molar-refractivity contribution >= 4 is 34.2 Å². The second-order valence-corrected chi connectivity index (χ2v) is 10.1. The number of esters is 1. The van der Waals surface area contributed by atoms with E-state index < -0.39 is 12.0 Å². The fourth-order valence-electron chi connectivity index (χ4n) is 4.98. The zero-order valence-electron chi connectivity index (χ0n) is 21.7. The summed E-state index contributed by atoms with van der Waals surface area (Å²) in [5.41, 5.74) is 1.77. The highest BCUT2D eigenvalue weighted by Crippen LogP contribution is 2.38. The van der Waals surface area contributed by atoms with E-state index >= 15 is 0 Å². The van der Waals surface area contributed by atoms with E-state index in [1.807, 2.05) is 42.5 Å². The summed E-state index contributed by atoms with van der Waals surface area (Å²) in [6.45, 7) is 3.62. The molecule has 3 aromatic carbocycles. The Balaban J connectivity index is 1.59. The van der Waals surface area contributed by atoms with Gasteiger partial charge in [-0.3, -0.25) is 9.36 Å². The van der Waals surface area contributed by atoms with Gasteiger partial charge in [0.2, 0.25) is 6.79 Å². The van der Waals surface area contributed by atoms with Gasteiger partial charge in [-0.2, -0.15) is 5.26 Å². The van der Waals surface area contributed by atoms with Crippen molar-refractivity contribution in [1.82, 2.24) is 4.57 Å². The predicted octanol–water partition coefficient (Wildman–Crippen LogP) is 3.58. The van der Waals surface area contributed by atoms with Crippen molar-refractivity contribution in [2.45, 2.75) is 19.9 Å². The number of nitrogens with zero attached hydrogens (tertiary/aromatic N) is 3. The Morgan fingerprint density at radius 2 is 2.02 bits per heavy atom. The van der Waals surface area contributed by atoms with Crippen LogP contribution in [0.2, 0.25) is 0 Å². The molecule has 4 aromatic rings. The molecule has 10 heteroatoms. The molecule has 200 valence electrons. The zero-order chi connectivity index (χ0) is 27.8. The largest absolute Gasteiger partial charge is 0.478 e. The fourth-order valence-corrected chi connectivity index (χ4v) is 6.01. The van der Waals surface area contributed by atoms with Crippen LogP contribution in [0, 0.1) is 11.3 Å². The number of hydrogen-bond donors (Lipinski definition) is 0. The minimum Gasteiger partial charge on any atom is -0.478 e. The molecule has 0 unspecified atom stereocenters. The smallest absolute Gasteiger partial charge is 0.338 e. The summed E-state index contributed by atoms with van der Waals surface area (Å²) >= 11 is 1.22. The standard InChI is InChI=1S/C30H23N3O6S/c1-3-36-29(35)26-17(2)32-30-33(27(26)19-9-11-23-24(14-19)39-16-38-23)28(34)25(40-30)15-21-20-7-5-4-6-18(20)8-10-22(21)37-13-12-31/h4-11,14-15,27H,3,13,16H2,1-2H3/b25-15-/t27-/m1/s1. The van der Waals surface area contributed by atoms with Gasteiger partial charge in [0.1, 0.15) is 11.8 Å². The number of carbonyl (C=O) groups is 1. The molecule has 40 heavy (non-hydrogen) atoms. The van der Waals surface area contributed by atoms with E-state index in [-0.39, 0.29) is 31.1 Å². The van der Waals surface area contributed by atoms with E-state index in [9.17, 15) is 9.59 Å². The van der Waals surface area contributed by atoms with Crippen molar-refractivity contribution in [1.29, 1.82) is 5.26 Å². The number of fused-ring (bicyclic) bond motifs is 3. The average Bonchev–Trinajstić information content (AvgIpc) is 3.55. The monoisotopic (exact) mass is 553 g/mol. The molecule has 3 heterocycles. The summed E-state index contributed by atoms with van der Waals surface area (Å²) < 4.78 is 24.1. The molecule has 6 rings (SSSR count). The Labute approximate surface area is 232 Å². The molecule has 0 saturated heterocycles. The number of nitriles is 1. The molecular formula is C30H23N3O6S. The molecule has 0 N–H and O–H groups in total. The molecule has 2 aliphatic heterocycles. The van der Waals surface area contributed by atoms with Crippen LogP contribution in [-0.4, -0.2) is 30.5 Å². The summed E-state index contributed by atoms with van der Waals surface area (Å²) in [4.78, 5) is 32.4. The molecule has 0 saturated carbocycles. The lowest BCUT2D eigenvalue weighted by Crippen LogP contribution is -2.39. The minimum atomic E-state index is -0.784. The lowest BCUT2D eigenvalue weighted by atomic mass is 9.95. The van der Waals surface area contributed by atoms with E-state index in [1.54, 1.807) is 38.1 Å². The molecule has 0 radical (unpaired) electrons. The second kappa shape index (κ2) is 10.4. The maximum atomic E-state index is 14.1. The van der Waals surface area contributed by atoms with E-state index in [0.29, 0.717) is 43.4 Å². The maximum absolute atomic E-state index is 14.1. The number of aromatic nitrogens is 1. The van der Waals surface area contributed by atoms with Crippen LogP contribution >= 0.6 is 11.3 Å². The van der Waals surface area contributed by atoms with Gasteiger partial charge in [0, 0.05) is 5.56 Å². The lowest BCUT2D eigenvalue weighted by molar-refractivity contribution is -0.139. The van der Waals surface area contributed by atoms with E-state index in [0.717, 1.165) is 10.8 Å². The summed E-state index contributed by atoms with van der Waals surface area (Å²) in [6, 6.07) is 18.0. The van der Waals surface area contributed by atoms with Gasteiger partial charge in [-0.1, -0.05) is 47.7 Å². The molecule has 9 nitrogen and oxygen atoms in total. The van der Waals surface area contributed by atoms with Gasteiger partial charge < -0.3 is 18.9 Å². The van der Waals surface area contributed by atoms with Crippen molar-refractivity contribution in [3.63, 3.8) is 0 Å². The third-order valence-corrected chi connectivity index (χ3v) is 7.71. The first-order valence-corrected chi connectivity index (χ1v) is 13.4. The third-order valence-electron chi connectivity index (χ3n) is 6.73. The number of carbonyl (C=O) groups excluding carboxylic acids is 1. The van der Waals surface area contributed by atoms with Crippen LogP contribution in [0.1, 0.15) is 31.0 Å². The van der Waals surface area contributed by atoms with E-state index in [1.165, 1.54) is 15.9 Å². The van der Waals surface area contributed by atoms with Crippen LogP contribution in [0.5, 0.6) is 17.2 Å². The number of hydrogen-bond acceptors (Lipinski definition) is 9. The molecule has 0 aliphatic carbocycles. The highest BCUT2D eigenvalue weighted by atomic mass is 32.1. The fraction of sp³-hybridized carbons (Fsp3) is 0.200. The molecule has 1 atom stereocenters. The predicted molar refractivity (Wildman–Crippen MR) is 148 cm³/mol. The first-order chi connectivity index (χ1) is 19.5. The van der Waals surface area contributed by atoms with Crippen LogP contribution in [0.4, 0.5) is 0 Å². The summed E-state index contributed by atoms with van der Waals surface area (Å²) in [5, 5.41) is 10.9. The SMILES string of the molecule is CCOC(=O)C1=C(C)N=c2s/c(=C\c3c(OCC#N)ccc4ccccc34)c(=O)n2[C@@H]1c1ccc2c(c1)OCO2. The van der Waals surface area contributed by atoms with Crippen molar-refractivity contribution in [3.05, 3.63) is 96.7 Å². The molecule has 0 amide bonds. The first kappa shape index (κ1) is 25.4. The zero-order valence-corrected chi connectivity index (χ0v) is 22.5. The minimum absolute atomic E-state index is 0.0996. The summed E-state index contributed by atoms with van der Waals surface area (Å²) in [6.07, 6.45) is 1.76. The van der Waals surface area contributed by atoms with Gasteiger partial charge in [0.15, 0.2) is 22.9 Å². The normalized spacial score (nSPS) is 15.9. The van der Waals surface area contributed by atoms with Crippen molar-refractivity contribution < 1.29 is 23.7 Å². The van der Waals surface area contributed by atoms with Crippen molar-refractivity contribution in [2.24, 2.45) is 4.99 Å². The Bertz CT molecular complexity index is 1930. The van der Waals surface area contributed by atoms with Crippen molar-refractivity contribution in [3.8, 4) is 23.3 Å². The molecular weight excluding hydrogens is 530 g/mol. The topological polar surface area (TPSA) is 112 Å².